The number of carbonyl (C=O) groups excluding carboxylic acids is 1. The van der Waals surface area contributed by atoms with Gasteiger partial charge in [0.1, 0.15) is 16.5 Å². The van der Waals surface area contributed by atoms with Crippen LogP contribution in [0.25, 0.3) is 0 Å². The number of nitrogens with one attached hydrogen (secondary N) is 2. The van der Waals surface area contributed by atoms with Gasteiger partial charge in [-0.1, -0.05) is 12.1 Å². The lowest BCUT2D eigenvalue weighted by atomic mass is 10.2. The number of methoxy groups -OCH3 is 1. The summed E-state index contributed by atoms with van der Waals surface area (Å²) in [4.78, 5) is 16.1. The Bertz CT molecular complexity index is 1240. The average molecular weight is 482 g/mol. The largest absolute Gasteiger partial charge is 0.506 e. The van der Waals surface area contributed by atoms with Gasteiger partial charge in [-0.25, -0.2) is 13.4 Å². The molecule has 0 atom stereocenters. The van der Waals surface area contributed by atoms with Gasteiger partial charge in [-0.3, -0.25) is 9.52 Å². The summed E-state index contributed by atoms with van der Waals surface area (Å²) in [6.07, 6.45) is 1.26. The van der Waals surface area contributed by atoms with Gasteiger partial charge in [0, 0.05) is 6.20 Å². The van der Waals surface area contributed by atoms with Crippen LogP contribution < -0.4 is 14.8 Å². The molecule has 3 rings (SSSR count). The predicted molar refractivity (Wildman–Crippen MR) is 116 cm³/mol. The molecule has 0 fully saturated rings. The Kier molecular flexibility index (Phi) is 7.15. The Morgan fingerprint density at radius 3 is 2.59 bits per heavy atom. The molecule has 1 heterocycles. The van der Waals surface area contributed by atoms with Crippen molar-refractivity contribution in [3.63, 3.8) is 0 Å². The summed E-state index contributed by atoms with van der Waals surface area (Å²) >= 11 is 0.0947. The van der Waals surface area contributed by atoms with E-state index in [1.54, 1.807) is 18.2 Å². The van der Waals surface area contributed by atoms with Crippen LogP contribution in [0.3, 0.4) is 0 Å². The van der Waals surface area contributed by atoms with E-state index in [1.165, 1.54) is 31.5 Å². The van der Waals surface area contributed by atoms with E-state index in [0.29, 0.717) is 5.75 Å². The number of phenols is 1. The molecule has 0 saturated heterocycles. The number of halogens is 2. The molecule has 1 aromatic heterocycles. The molecule has 0 radical (unpaired) electrons. The van der Waals surface area contributed by atoms with Crippen molar-refractivity contribution >= 4 is 39.1 Å². The number of sulfonamides is 1. The quantitative estimate of drug-likeness (QED) is 0.327. The van der Waals surface area contributed by atoms with Crippen LogP contribution in [0.2, 0.25) is 0 Å². The zero-order chi connectivity index (χ0) is 23.3. The van der Waals surface area contributed by atoms with Crippen molar-refractivity contribution in [1.82, 2.24) is 4.98 Å². The Balaban J connectivity index is 1.89. The van der Waals surface area contributed by atoms with Gasteiger partial charge in [0.2, 0.25) is 0 Å². The van der Waals surface area contributed by atoms with Crippen LogP contribution >= 0.6 is 11.8 Å². The number of hydrogen-bond donors (Lipinski definition) is 3. The molecule has 0 spiro atoms. The SMILES string of the molecule is COc1ccccc1NS(=O)(=O)c1ccc(O)c(NC(=O)c2cccnc2SC(F)F)c1. The summed E-state index contributed by atoms with van der Waals surface area (Å²) in [6.45, 7) is 0. The van der Waals surface area contributed by atoms with Crippen LogP contribution in [0, 0.1) is 0 Å². The number of phenolic OH excluding ortho intramolecular Hbond substituents is 1. The Morgan fingerprint density at radius 1 is 1.12 bits per heavy atom. The number of aromatic hydroxyl groups is 1. The summed E-state index contributed by atoms with van der Waals surface area (Å²) < 4.78 is 58.6. The minimum atomic E-state index is -4.12. The number of pyridine rings is 1. The lowest BCUT2D eigenvalue weighted by molar-refractivity contribution is 0.102. The molecule has 8 nitrogen and oxygen atoms in total. The first-order valence-corrected chi connectivity index (χ1v) is 11.3. The second-order valence-electron chi connectivity index (χ2n) is 6.17. The van der Waals surface area contributed by atoms with Crippen molar-refractivity contribution in [3.8, 4) is 11.5 Å². The predicted octanol–water partition coefficient (Wildman–Crippen LogP) is 4.16. The molecule has 32 heavy (non-hydrogen) atoms. The number of para-hydroxylation sites is 2. The van der Waals surface area contributed by atoms with Crippen molar-refractivity contribution in [3.05, 3.63) is 66.4 Å². The number of amides is 1. The van der Waals surface area contributed by atoms with Crippen molar-refractivity contribution in [2.24, 2.45) is 0 Å². The number of rotatable bonds is 8. The topological polar surface area (TPSA) is 118 Å². The number of nitrogens with zero attached hydrogens (tertiary/aromatic N) is 1. The number of carbonyl (C=O) groups is 1. The van der Waals surface area contributed by atoms with Gasteiger partial charge in [0.15, 0.2) is 0 Å². The van der Waals surface area contributed by atoms with Gasteiger partial charge in [-0.05, 0) is 54.2 Å². The van der Waals surface area contributed by atoms with Gasteiger partial charge >= 0.3 is 0 Å². The zero-order valence-corrected chi connectivity index (χ0v) is 18.1. The lowest BCUT2D eigenvalue weighted by Gasteiger charge is -2.14. The molecule has 0 unspecified atom stereocenters. The molecule has 0 aliphatic rings. The normalized spacial score (nSPS) is 11.2. The standard InChI is InChI=1S/C20H17F2N3O5S2/c1-30-17-7-3-2-6-14(17)25-32(28,29)12-8-9-16(26)15(11-12)24-18(27)13-5-4-10-23-19(13)31-20(21)22/h2-11,20,25-26H,1H3,(H,24,27). The summed E-state index contributed by atoms with van der Waals surface area (Å²) in [6, 6.07) is 12.3. The molecule has 0 aliphatic carbocycles. The van der Waals surface area contributed by atoms with Crippen molar-refractivity contribution < 1.29 is 31.8 Å². The van der Waals surface area contributed by atoms with Crippen LogP contribution in [0.1, 0.15) is 10.4 Å². The van der Waals surface area contributed by atoms with Crippen LogP contribution in [-0.2, 0) is 10.0 Å². The van der Waals surface area contributed by atoms with Gasteiger partial charge < -0.3 is 15.2 Å². The summed E-state index contributed by atoms with van der Waals surface area (Å²) in [5.41, 5.74) is -0.190. The molecule has 3 N–H and O–H groups in total. The highest BCUT2D eigenvalue weighted by Crippen LogP contribution is 2.31. The molecule has 2 aromatic carbocycles. The molecule has 0 bridgehead atoms. The number of thioether (sulfide) groups is 1. The number of anilines is 2. The monoisotopic (exact) mass is 481 g/mol. The van der Waals surface area contributed by atoms with E-state index in [-0.39, 0.29) is 38.6 Å². The molecule has 0 aliphatic heterocycles. The van der Waals surface area contributed by atoms with E-state index >= 15 is 0 Å². The third kappa shape index (κ3) is 5.45. The number of alkyl halides is 2. The van der Waals surface area contributed by atoms with Crippen molar-refractivity contribution in [1.29, 1.82) is 0 Å². The first-order chi connectivity index (χ1) is 15.2. The molecule has 0 saturated carbocycles. The van der Waals surface area contributed by atoms with Gasteiger partial charge in [0.05, 0.1) is 28.9 Å². The van der Waals surface area contributed by atoms with Crippen molar-refractivity contribution in [2.75, 3.05) is 17.1 Å². The smallest absolute Gasteiger partial charge is 0.290 e. The molecular weight excluding hydrogens is 464 g/mol. The maximum atomic E-state index is 12.8. The van der Waals surface area contributed by atoms with E-state index in [9.17, 15) is 27.1 Å². The number of benzene rings is 2. The molecule has 3 aromatic rings. The fourth-order valence-electron chi connectivity index (χ4n) is 2.65. The maximum Gasteiger partial charge on any atom is 0.290 e. The average Bonchev–Trinajstić information content (AvgIpc) is 2.75. The summed E-state index contributed by atoms with van der Waals surface area (Å²) in [5, 5.41) is 12.2. The summed E-state index contributed by atoms with van der Waals surface area (Å²) in [7, 11) is -2.73. The van der Waals surface area contributed by atoms with E-state index in [1.807, 2.05) is 0 Å². The maximum absolute atomic E-state index is 12.8. The van der Waals surface area contributed by atoms with E-state index in [4.69, 9.17) is 4.74 Å². The van der Waals surface area contributed by atoms with Crippen LogP contribution in [0.15, 0.2) is 70.7 Å². The number of hydrogen-bond acceptors (Lipinski definition) is 7. The number of ether oxygens (including phenoxy) is 1. The Hall–Kier alpha value is -3.38. The van der Waals surface area contributed by atoms with Crippen molar-refractivity contribution in [2.45, 2.75) is 15.7 Å². The fraction of sp³-hybridized carbons (Fsp3) is 0.100. The summed E-state index contributed by atoms with van der Waals surface area (Å²) in [5.74, 6) is -3.76. The second-order valence-corrected chi connectivity index (χ2v) is 8.83. The second kappa shape index (κ2) is 9.83. The third-order valence-corrected chi connectivity index (χ3v) is 6.18. The zero-order valence-electron chi connectivity index (χ0n) is 16.5. The first kappa shape index (κ1) is 23.3. The molecule has 1 amide bonds. The third-order valence-electron chi connectivity index (χ3n) is 4.09. The van der Waals surface area contributed by atoms with E-state index < -0.39 is 27.4 Å². The molecule has 12 heteroatoms. The highest BCUT2D eigenvalue weighted by Gasteiger charge is 2.21. The van der Waals surface area contributed by atoms with E-state index in [0.717, 1.165) is 18.2 Å². The Labute approximate surface area is 186 Å². The Morgan fingerprint density at radius 2 is 1.88 bits per heavy atom. The molecular formula is C20H17F2N3O5S2. The minimum Gasteiger partial charge on any atom is -0.506 e. The van der Waals surface area contributed by atoms with Crippen LogP contribution in [0.5, 0.6) is 11.5 Å². The number of aromatic nitrogens is 1. The molecule has 168 valence electrons. The van der Waals surface area contributed by atoms with Gasteiger partial charge in [-0.15, -0.1) is 0 Å². The van der Waals surface area contributed by atoms with Gasteiger partial charge in [-0.2, -0.15) is 8.78 Å². The van der Waals surface area contributed by atoms with Crippen LogP contribution in [-0.4, -0.2) is 37.3 Å². The highest BCUT2D eigenvalue weighted by molar-refractivity contribution is 7.99. The highest BCUT2D eigenvalue weighted by atomic mass is 32.2. The fourth-order valence-corrected chi connectivity index (χ4v) is 4.32. The lowest BCUT2D eigenvalue weighted by Crippen LogP contribution is -2.16. The first-order valence-electron chi connectivity index (χ1n) is 8.91. The van der Waals surface area contributed by atoms with Crippen LogP contribution in [0.4, 0.5) is 20.2 Å². The van der Waals surface area contributed by atoms with E-state index in [2.05, 4.69) is 15.0 Å². The van der Waals surface area contributed by atoms with Gasteiger partial charge in [0.25, 0.3) is 21.7 Å². The minimum absolute atomic E-state index is 0.0947.